The first-order valence-electron chi connectivity index (χ1n) is 8.47. The van der Waals surface area contributed by atoms with Crippen molar-refractivity contribution in [2.75, 3.05) is 0 Å². The highest BCUT2D eigenvalue weighted by atomic mass is 16.1. The molecule has 25 heavy (non-hydrogen) atoms. The molecular formula is C19H23N5O. The Balaban J connectivity index is 1.65. The van der Waals surface area contributed by atoms with E-state index in [0.717, 1.165) is 22.5 Å². The van der Waals surface area contributed by atoms with Gasteiger partial charge in [-0.25, -0.2) is 9.50 Å². The van der Waals surface area contributed by atoms with E-state index in [1.807, 2.05) is 20.8 Å². The van der Waals surface area contributed by atoms with Crippen LogP contribution in [0.1, 0.15) is 47.5 Å². The number of rotatable bonds is 5. The zero-order valence-electron chi connectivity index (χ0n) is 15.1. The number of hydrogen-bond acceptors (Lipinski definition) is 4. The molecule has 1 amide bonds. The highest BCUT2D eigenvalue weighted by Gasteiger charge is 2.14. The van der Waals surface area contributed by atoms with Gasteiger partial charge in [0.1, 0.15) is 6.33 Å². The lowest BCUT2D eigenvalue weighted by Gasteiger charge is -2.15. The predicted octanol–water partition coefficient (Wildman–Crippen LogP) is 2.86. The number of aryl methyl sites for hydroxylation is 3. The van der Waals surface area contributed by atoms with Gasteiger partial charge in [0.25, 0.3) is 5.78 Å². The molecule has 130 valence electrons. The van der Waals surface area contributed by atoms with E-state index in [9.17, 15) is 4.79 Å². The number of carbonyl (C=O) groups excluding carboxylic acids is 1. The van der Waals surface area contributed by atoms with Gasteiger partial charge < -0.3 is 5.32 Å². The Kier molecular flexibility index (Phi) is 4.79. The van der Waals surface area contributed by atoms with Crippen LogP contribution >= 0.6 is 0 Å². The second-order valence-corrected chi connectivity index (χ2v) is 6.43. The number of carbonyl (C=O) groups is 1. The van der Waals surface area contributed by atoms with Crippen molar-refractivity contribution in [3.05, 3.63) is 58.7 Å². The minimum Gasteiger partial charge on any atom is -0.350 e. The van der Waals surface area contributed by atoms with Gasteiger partial charge in [-0.05, 0) is 45.2 Å². The van der Waals surface area contributed by atoms with E-state index >= 15 is 0 Å². The van der Waals surface area contributed by atoms with E-state index in [1.165, 1.54) is 11.9 Å². The summed E-state index contributed by atoms with van der Waals surface area (Å²) in [6.07, 6.45) is 2.54. The van der Waals surface area contributed by atoms with Crippen LogP contribution in [-0.4, -0.2) is 25.5 Å². The molecule has 1 aromatic carbocycles. The fraction of sp³-hybridized carbons (Fsp3) is 0.368. The lowest BCUT2D eigenvalue weighted by Crippen LogP contribution is -2.27. The molecule has 0 saturated carbocycles. The van der Waals surface area contributed by atoms with Gasteiger partial charge in [0.05, 0.1) is 6.04 Å². The molecule has 0 aliphatic carbocycles. The summed E-state index contributed by atoms with van der Waals surface area (Å²) >= 11 is 0. The Morgan fingerprint density at radius 2 is 1.92 bits per heavy atom. The highest BCUT2D eigenvalue weighted by Crippen LogP contribution is 2.16. The smallest absolute Gasteiger partial charge is 0.252 e. The van der Waals surface area contributed by atoms with Gasteiger partial charge in [-0.15, -0.1) is 0 Å². The Bertz CT molecular complexity index is 898. The van der Waals surface area contributed by atoms with Crippen LogP contribution in [0.15, 0.2) is 30.6 Å². The summed E-state index contributed by atoms with van der Waals surface area (Å²) in [6, 6.07) is 8.22. The number of nitrogens with zero attached hydrogens (tertiary/aromatic N) is 4. The fourth-order valence-corrected chi connectivity index (χ4v) is 3.01. The Labute approximate surface area is 147 Å². The maximum atomic E-state index is 12.3. The Morgan fingerprint density at radius 3 is 2.64 bits per heavy atom. The SMILES string of the molecule is Cc1ccc(C(C)NC(=O)CCc2c(C)nc3ncnn3c2C)cc1. The van der Waals surface area contributed by atoms with Gasteiger partial charge in [-0.1, -0.05) is 29.8 Å². The molecule has 3 rings (SSSR count). The molecule has 0 fully saturated rings. The third kappa shape index (κ3) is 3.68. The van der Waals surface area contributed by atoms with Crippen LogP contribution in [0.5, 0.6) is 0 Å². The minimum absolute atomic E-state index is 0.00813. The molecule has 1 unspecified atom stereocenters. The maximum Gasteiger partial charge on any atom is 0.252 e. The zero-order chi connectivity index (χ0) is 18.0. The van der Waals surface area contributed by atoms with Crippen LogP contribution in [0, 0.1) is 20.8 Å². The van der Waals surface area contributed by atoms with Crippen molar-refractivity contribution in [3.63, 3.8) is 0 Å². The van der Waals surface area contributed by atoms with Crippen molar-refractivity contribution in [3.8, 4) is 0 Å². The van der Waals surface area contributed by atoms with Crippen LogP contribution < -0.4 is 5.32 Å². The lowest BCUT2D eigenvalue weighted by atomic mass is 10.0. The number of nitrogens with one attached hydrogen (secondary N) is 1. The largest absolute Gasteiger partial charge is 0.350 e. The van der Waals surface area contributed by atoms with Crippen LogP contribution in [0.4, 0.5) is 0 Å². The van der Waals surface area contributed by atoms with E-state index in [-0.39, 0.29) is 11.9 Å². The Hall–Kier alpha value is -2.76. The van der Waals surface area contributed by atoms with Crippen molar-refractivity contribution in [2.24, 2.45) is 0 Å². The van der Waals surface area contributed by atoms with E-state index in [0.29, 0.717) is 18.6 Å². The summed E-state index contributed by atoms with van der Waals surface area (Å²) in [5.41, 5.74) is 5.26. The van der Waals surface area contributed by atoms with Gasteiger partial charge in [-0.3, -0.25) is 4.79 Å². The molecule has 0 aliphatic rings. The number of aromatic nitrogens is 4. The molecule has 0 bridgehead atoms. The number of benzene rings is 1. The molecule has 2 aromatic heterocycles. The summed E-state index contributed by atoms with van der Waals surface area (Å²) < 4.78 is 1.72. The van der Waals surface area contributed by atoms with Crippen molar-refractivity contribution in [2.45, 2.75) is 46.6 Å². The molecule has 2 heterocycles. The van der Waals surface area contributed by atoms with E-state index < -0.39 is 0 Å². The molecule has 6 heteroatoms. The van der Waals surface area contributed by atoms with Gasteiger partial charge in [0.2, 0.25) is 5.91 Å². The van der Waals surface area contributed by atoms with Crippen molar-refractivity contribution >= 4 is 11.7 Å². The second kappa shape index (κ2) is 7.01. The van der Waals surface area contributed by atoms with E-state index in [1.54, 1.807) is 4.52 Å². The summed E-state index contributed by atoms with van der Waals surface area (Å²) in [4.78, 5) is 20.9. The first-order valence-corrected chi connectivity index (χ1v) is 8.47. The number of fused-ring (bicyclic) bond motifs is 1. The average Bonchev–Trinajstić information content (AvgIpc) is 3.03. The maximum absolute atomic E-state index is 12.3. The van der Waals surface area contributed by atoms with Gasteiger partial charge in [0.15, 0.2) is 0 Å². The van der Waals surface area contributed by atoms with Crippen LogP contribution in [0.25, 0.3) is 5.78 Å². The van der Waals surface area contributed by atoms with Crippen molar-refractivity contribution in [1.29, 1.82) is 0 Å². The van der Waals surface area contributed by atoms with Gasteiger partial charge in [0, 0.05) is 17.8 Å². The molecule has 1 N–H and O–H groups in total. The van der Waals surface area contributed by atoms with Gasteiger partial charge >= 0.3 is 0 Å². The van der Waals surface area contributed by atoms with Crippen LogP contribution in [0.3, 0.4) is 0 Å². The second-order valence-electron chi connectivity index (χ2n) is 6.43. The molecule has 0 spiro atoms. The Morgan fingerprint density at radius 1 is 1.20 bits per heavy atom. The van der Waals surface area contributed by atoms with Crippen LogP contribution in [0.2, 0.25) is 0 Å². The standard InChI is InChI=1S/C19H23N5O/c1-12-5-7-16(8-6-12)13(2)22-18(25)10-9-17-14(3)23-19-20-11-21-24(19)15(17)4/h5-8,11,13H,9-10H2,1-4H3,(H,22,25). The molecule has 0 aliphatic heterocycles. The first-order chi connectivity index (χ1) is 12.0. The third-order valence-corrected chi connectivity index (χ3v) is 4.55. The lowest BCUT2D eigenvalue weighted by molar-refractivity contribution is -0.121. The summed E-state index contributed by atoms with van der Waals surface area (Å²) in [5, 5.41) is 7.25. The summed E-state index contributed by atoms with van der Waals surface area (Å²) in [6.45, 7) is 7.99. The van der Waals surface area contributed by atoms with Crippen molar-refractivity contribution in [1.82, 2.24) is 24.9 Å². The van der Waals surface area contributed by atoms with E-state index in [2.05, 4.69) is 51.6 Å². The number of hydrogen-bond donors (Lipinski definition) is 1. The summed E-state index contributed by atoms with van der Waals surface area (Å²) in [7, 11) is 0. The van der Waals surface area contributed by atoms with Gasteiger partial charge in [-0.2, -0.15) is 10.1 Å². The van der Waals surface area contributed by atoms with Crippen LogP contribution in [-0.2, 0) is 11.2 Å². The molecule has 0 saturated heterocycles. The first kappa shape index (κ1) is 17.1. The van der Waals surface area contributed by atoms with E-state index in [4.69, 9.17) is 0 Å². The monoisotopic (exact) mass is 337 g/mol. The fourth-order valence-electron chi connectivity index (χ4n) is 3.01. The molecule has 6 nitrogen and oxygen atoms in total. The highest BCUT2D eigenvalue weighted by molar-refractivity contribution is 5.76. The zero-order valence-corrected chi connectivity index (χ0v) is 15.1. The normalized spacial score (nSPS) is 12.3. The quantitative estimate of drug-likeness (QED) is 0.777. The van der Waals surface area contributed by atoms with Crippen molar-refractivity contribution < 1.29 is 4.79 Å². The third-order valence-electron chi connectivity index (χ3n) is 4.55. The molecule has 3 aromatic rings. The summed E-state index contributed by atoms with van der Waals surface area (Å²) in [5.74, 6) is 0.627. The molecular weight excluding hydrogens is 314 g/mol. The predicted molar refractivity (Wildman–Crippen MR) is 96.3 cm³/mol. The minimum atomic E-state index is -0.00813. The molecule has 0 radical (unpaired) electrons. The number of amides is 1. The molecule has 1 atom stereocenters. The average molecular weight is 337 g/mol. The topological polar surface area (TPSA) is 72.2 Å².